The second-order valence-electron chi connectivity index (χ2n) is 4.11. The summed E-state index contributed by atoms with van der Waals surface area (Å²) in [6.07, 6.45) is -0.152. The van der Waals surface area contributed by atoms with Gasteiger partial charge in [0.1, 0.15) is 11.3 Å². The summed E-state index contributed by atoms with van der Waals surface area (Å²) >= 11 is 6.50. The van der Waals surface area contributed by atoms with Crippen LogP contribution in [0.15, 0.2) is 26.1 Å². The van der Waals surface area contributed by atoms with Gasteiger partial charge in [0, 0.05) is 16.3 Å². The molecule has 0 atom stereocenters. The van der Waals surface area contributed by atoms with E-state index >= 15 is 0 Å². The molecule has 0 aliphatic carbocycles. The monoisotopic (exact) mass is 365 g/mol. The molecule has 4 nitrogen and oxygen atoms in total. The van der Waals surface area contributed by atoms with Crippen LogP contribution >= 0.6 is 31.9 Å². The fourth-order valence-electron chi connectivity index (χ4n) is 0.987. The van der Waals surface area contributed by atoms with Crippen LogP contribution in [0.25, 0.3) is 0 Å². The Morgan fingerprint density at radius 3 is 2.41 bits per heavy atom. The van der Waals surface area contributed by atoms with Crippen LogP contribution in [0.4, 0.5) is 0 Å². The van der Waals surface area contributed by atoms with Gasteiger partial charge in [-0.3, -0.25) is 4.99 Å². The Balaban J connectivity index is 3.08. The van der Waals surface area contributed by atoms with Gasteiger partial charge in [-0.25, -0.2) is 0 Å². The molecule has 0 aliphatic heterocycles. The van der Waals surface area contributed by atoms with Crippen LogP contribution in [0.1, 0.15) is 19.4 Å². The van der Waals surface area contributed by atoms with Crippen molar-refractivity contribution in [3.8, 4) is 5.75 Å². The number of aromatic hydroxyl groups is 1. The number of nitrogens with zero attached hydrogens (tertiary/aromatic N) is 1. The predicted molar refractivity (Wildman–Crippen MR) is 73.4 cm³/mol. The molecule has 0 bridgehead atoms. The standard InChI is InChI=1S/C11H13Br2NO3/c1-11(2,10(16)17)14-5-6-3-7(12)4-8(13)9(6)15/h3-5,10,15-17H,1-2H3. The lowest BCUT2D eigenvalue weighted by molar-refractivity contribution is -0.0838. The van der Waals surface area contributed by atoms with E-state index in [1.54, 1.807) is 26.0 Å². The lowest BCUT2D eigenvalue weighted by Crippen LogP contribution is -2.33. The van der Waals surface area contributed by atoms with E-state index in [0.29, 0.717) is 10.0 Å². The largest absolute Gasteiger partial charge is 0.506 e. The van der Waals surface area contributed by atoms with E-state index < -0.39 is 11.8 Å². The van der Waals surface area contributed by atoms with Crippen LogP contribution in [0.5, 0.6) is 5.75 Å². The van der Waals surface area contributed by atoms with E-state index in [0.717, 1.165) is 4.47 Å². The SMILES string of the molecule is CC(C)(N=Cc1cc(Br)cc(Br)c1O)C(O)O. The molecule has 0 radical (unpaired) electrons. The van der Waals surface area contributed by atoms with Crippen molar-refractivity contribution in [2.45, 2.75) is 25.7 Å². The van der Waals surface area contributed by atoms with Crippen molar-refractivity contribution < 1.29 is 15.3 Å². The number of rotatable bonds is 3. The Bertz CT molecular complexity index is 445. The summed E-state index contributed by atoms with van der Waals surface area (Å²) in [6, 6.07) is 3.39. The average Bonchev–Trinajstić information content (AvgIpc) is 2.21. The zero-order valence-electron chi connectivity index (χ0n) is 9.35. The van der Waals surface area contributed by atoms with Crippen molar-refractivity contribution in [3.63, 3.8) is 0 Å². The molecule has 3 N–H and O–H groups in total. The normalized spacial score (nSPS) is 12.6. The van der Waals surface area contributed by atoms with E-state index in [-0.39, 0.29) is 5.75 Å². The van der Waals surface area contributed by atoms with Crippen molar-refractivity contribution in [1.29, 1.82) is 0 Å². The molecule has 0 amide bonds. The summed E-state index contributed by atoms with van der Waals surface area (Å²) in [6.45, 7) is 3.16. The molecule has 0 aliphatic rings. The third kappa shape index (κ3) is 3.77. The fraction of sp³-hybridized carbons (Fsp3) is 0.364. The van der Waals surface area contributed by atoms with E-state index in [1.807, 2.05) is 0 Å². The van der Waals surface area contributed by atoms with Crippen molar-refractivity contribution in [2.24, 2.45) is 4.99 Å². The summed E-state index contributed by atoms with van der Waals surface area (Å²) < 4.78 is 1.32. The molecule has 0 fully saturated rings. The fourth-order valence-corrected chi connectivity index (χ4v) is 2.25. The minimum absolute atomic E-state index is 0.0557. The van der Waals surface area contributed by atoms with E-state index in [2.05, 4.69) is 36.9 Å². The molecule has 0 saturated heterocycles. The average molecular weight is 367 g/mol. The zero-order chi connectivity index (χ0) is 13.2. The first-order valence-electron chi connectivity index (χ1n) is 4.83. The maximum Gasteiger partial charge on any atom is 0.176 e. The molecule has 17 heavy (non-hydrogen) atoms. The number of phenols is 1. The van der Waals surface area contributed by atoms with Crippen LogP contribution in [0, 0.1) is 0 Å². The molecule has 0 spiro atoms. The first kappa shape index (κ1) is 14.6. The molecule has 0 unspecified atom stereocenters. The van der Waals surface area contributed by atoms with E-state index in [1.165, 1.54) is 6.21 Å². The van der Waals surface area contributed by atoms with Crippen LogP contribution in [-0.4, -0.2) is 33.4 Å². The number of aliphatic hydroxyl groups excluding tert-OH is 1. The van der Waals surface area contributed by atoms with Crippen LogP contribution < -0.4 is 0 Å². The third-order valence-electron chi connectivity index (χ3n) is 2.23. The Morgan fingerprint density at radius 1 is 1.29 bits per heavy atom. The van der Waals surface area contributed by atoms with E-state index in [4.69, 9.17) is 10.2 Å². The van der Waals surface area contributed by atoms with Gasteiger partial charge in [0.05, 0.1) is 4.47 Å². The van der Waals surface area contributed by atoms with Crippen LogP contribution in [0.3, 0.4) is 0 Å². The Kier molecular flexibility index (Phi) is 4.71. The first-order valence-corrected chi connectivity index (χ1v) is 6.42. The first-order chi connectivity index (χ1) is 7.74. The third-order valence-corrected chi connectivity index (χ3v) is 3.29. The number of phenolic OH excluding ortho intramolecular Hbond substituents is 1. The van der Waals surface area contributed by atoms with Crippen molar-refractivity contribution >= 4 is 38.1 Å². The van der Waals surface area contributed by atoms with Crippen molar-refractivity contribution in [2.75, 3.05) is 0 Å². The molecule has 0 saturated carbocycles. The molecular weight excluding hydrogens is 354 g/mol. The number of hydrogen-bond donors (Lipinski definition) is 3. The number of halogens is 2. The minimum atomic E-state index is -1.56. The van der Waals surface area contributed by atoms with Gasteiger partial charge in [-0.2, -0.15) is 0 Å². The summed E-state index contributed by atoms with van der Waals surface area (Å²) in [7, 11) is 0. The maximum atomic E-state index is 9.77. The highest BCUT2D eigenvalue weighted by Gasteiger charge is 2.24. The van der Waals surface area contributed by atoms with Gasteiger partial charge >= 0.3 is 0 Å². The Morgan fingerprint density at radius 2 is 1.88 bits per heavy atom. The lowest BCUT2D eigenvalue weighted by Gasteiger charge is -2.21. The summed E-state index contributed by atoms with van der Waals surface area (Å²) in [4.78, 5) is 4.04. The van der Waals surface area contributed by atoms with Gasteiger partial charge < -0.3 is 15.3 Å². The smallest absolute Gasteiger partial charge is 0.176 e. The van der Waals surface area contributed by atoms with Gasteiger partial charge in [-0.15, -0.1) is 0 Å². The molecule has 0 aromatic heterocycles. The zero-order valence-corrected chi connectivity index (χ0v) is 12.5. The molecule has 94 valence electrons. The van der Waals surface area contributed by atoms with Crippen LogP contribution in [-0.2, 0) is 0 Å². The molecular formula is C11H13Br2NO3. The molecule has 1 aromatic carbocycles. The highest BCUT2D eigenvalue weighted by molar-refractivity contribution is 9.11. The number of benzene rings is 1. The van der Waals surface area contributed by atoms with Gasteiger partial charge in [0.25, 0.3) is 0 Å². The van der Waals surface area contributed by atoms with Crippen molar-refractivity contribution in [3.05, 3.63) is 26.6 Å². The molecule has 0 heterocycles. The second kappa shape index (κ2) is 5.48. The lowest BCUT2D eigenvalue weighted by atomic mass is 10.1. The Hall–Kier alpha value is -0.430. The quantitative estimate of drug-likeness (QED) is 0.568. The predicted octanol–water partition coefficient (Wildman–Crippen LogP) is 2.43. The Labute approximate surface area is 116 Å². The topological polar surface area (TPSA) is 73.1 Å². The summed E-state index contributed by atoms with van der Waals surface area (Å²) in [5, 5.41) is 28.0. The van der Waals surface area contributed by atoms with Gasteiger partial charge in [-0.05, 0) is 41.9 Å². The minimum Gasteiger partial charge on any atom is -0.506 e. The summed E-state index contributed by atoms with van der Waals surface area (Å²) in [5.41, 5.74) is -0.540. The number of hydrogen-bond acceptors (Lipinski definition) is 4. The molecule has 6 heteroatoms. The maximum absolute atomic E-state index is 9.77. The van der Waals surface area contributed by atoms with E-state index in [9.17, 15) is 5.11 Å². The highest BCUT2D eigenvalue weighted by Crippen LogP contribution is 2.31. The molecule has 1 aromatic rings. The second-order valence-corrected chi connectivity index (χ2v) is 5.88. The van der Waals surface area contributed by atoms with Gasteiger partial charge in [0.15, 0.2) is 6.29 Å². The molecule has 1 rings (SSSR count). The highest BCUT2D eigenvalue weighted by atomic mass is 79.9. The van der Waals surface area contributed by atoms with Crippen molar-refractivity contribution in [1.82, 2.24) is 0 Å². The van der Waals surface area contributed by atoms with Crippen LogP contribution in [0.2, 0.25) is 0 Å². The number of aliphatic imine (C=N–C) groups is 1. The van der Waals surface area contributed by atoms with Gasteiger partial charge in [0.2, 0.25) is 0 Å². The summed E-state index contributed by atoms with van der Waals surface area (Å²) in [5.74, 6) is 0.0557. The number of aliphatic hydroxyl groups is 2. The van der Waals surface area contributed by atoms with Gasteiger partial charge in [-0.1, -0.05) is 15.9 Å².